The van der Waals surface area contributed by atoms with Gasteiger partial charge in [0.1, 0.15) is 12.5 Å². The monoisotopic (exact) mass is 367 g/mol. The number of hydrogen-bond acceptors (Lipinski definition) is 5. The van der Waals surface area contributed by atoms with E-state index in [2.05, 4.69) is 39.7 Å². The molecule has 7 atom stereocenters. The van der Waals surface area contributed by atoms with Crippen molar-refractivity contribution in [2.75, 3.05) is 26.7 Å². The van der Waals surface area contributed by atoms with Crippen LogP contribution in [-0.2, 0) is 4.79 Å². The number of likely N-dealkylation sites (tertiary alicyclic amines) is 1. The van der Waals surface area contributed by atoms with E-state index in [4.69, 9.17) is 0 Å². The van der Waals surface area contributed by atoms with Crippen molar-refractivity contribution in [2.45, 2.75) is 82.1 Å². The van der Waals surface area contributed by atoms with E-state index in [1.807, 2.05) is 0 Å². The van der Waals surface area contributed by atoms with Crippen LogP contribution in [-0.4, -0.2) is 79.0 Å². The maximum Gasteiger partial charge on any atom is 0.224 e. The van der Waals surface area contributed by atoms with Gasteiger partial charge in [-0.3, -0.25) is 20.3 Å². The van der Waals surface area contributed by atoms with Gasteiger partial charge in [0, 0.05) is 30.7 Å². The minimum absolute atomic E-state index is 0.0305. The first-order valence-corrected chi connectivity index (χ1v) is 10.4. The molecule has 3 N–H and O–H groups in total. The lowest BCUT2D eigenvalue weighted by Crippen LogP contribution is -2.55. The topological polar surface area (TPSA) is 59.6 Å². The van der Waals surface area contributed by atoms with E-state index in [9.17, 15) is 9.18 Å². The molecule has 5 unspecified atom stereocenters. The lowest BCUT2D eigenvalue weighted by atomic mass is 9.80. The summed E-state index contributed by atoms with van der Waals surface area (Å²) in [6, 6.07) is 1.07. The van der Waals surface area contributed by atoms with Crippen molar-refractivity contribution in [1.82, 2.24) is 25.8 Å². The predicted molar refractivity (Wildman–Crippen MR) is 99.3 cm³/mol. The Labute approximate surface area is 156 Å². The number of rotatable bonds is 4. The second-order valence-corrected chi connectivity index (χ2v) is 8.76. The Bertz CT molecular complexity index is 520. The summed E-state index contributed by atoms with van der Waals surface area (Å²) in [4.78, 5) is 17.4. The summed E-state index contributed by atoms with van der Waals surface area (Å²) >= 11 is 0. The number of nitrogens with one attached hydrogen (secondary N) is 3. The van der Waals surface area contributed by atoms with Gasteiger partial charge < -0.3 is 10.2 Å². The number of alkyl halides is 1. The zero-order valence-electron chi connectivity index (χ0n) is 16.1. The SMILES string of the molecule is C[C@H]1CNC(=O)C2CC(F)CC3NC(NCC[C@H]4CCCCN4C)N1C32. The van der Waals surface area contributed by atoms with Gasteiger partial charge in [-0.05, 0) is 59.2 Å². The summed E-state index contributed by atoms with van der Waals surface area (Å²) in [5.74, 6) is -0.208. The molecule has 26 heavy (non-hydrogen) atoms. The summed E-state index contributed by atoms with van der Waals surface area (Å²) in [6.45, 7) is 4.95. The molecule has 0 aromatic heterocycles. The molecule has 0 aromatic carbocycles. The third-order valence-electron chi connectivity index (χ3n) is 7.01. The van der Waals surface area contributed by atoms with Gasteiger partial charge in [-0.1, -0.05) is 6.42 Å². The lowest BCUT2D eigenvalue weighted by Gasteiger charge is -2.39. The van der Waals surface area contributed by atoms with Gasteiger partial charge in [-0.25, -0.2) is 4.39 Å². The summed E-state index contributed by atoms with van der Waals surface area (Å²) < 4.78 is 14.2. The van der Waals surface area contributed by atoms with Gasteiger partial charge >= 0.3 is 0 Å². The summed E-state index contributed by atoms with van der Waals surface area (Å²) in [5, 5.41) is 10.3. The van der Waals surface area contributed by atoms with Crippen molar-refractivity contribution in [3.05, 3.63) is 0 Å². The minimum Gasteiger partial charge on any atom is -0.354 e. The van der Waals surface area contributed by atoms with E-state index in [0.29, 0.717) is 25.4 Å². The maximum absolute atomic E-state index is 14.2. The number of piperidine rings is 1. The van der Waals surface area contributed by atoms with Crippen LogP contribution in [0.25, 0.3) is 0 Å². The maximum atomic E-state index is 14.2. The molecule has 4 rings (SSSR count). The molecule has 3 saturated heterocycles. The Morgan fingerprint density at radius 2 is 2.15 bits per heavy atom. The average molecular weight is 368 g/mol. The van der Waals surface area contributed by atoms with Gasteiger partial charge in [0.25, 0.3) is 0 Å². The van der Waals surface area contributed by atoms with E-state index in [1.54, 1.807) is 0 Å². The Morgan fingerprint density at radius 3 is 2.96 bits per heavy atom. The van der Waals surface area contributed by atoms with Crippen molar-refractivity contribution in [1.29, 1.82) is 0 Å². The Balaban J connectivity index is 1.41. The van der Waals surface area contributed by atoms with E-state index in [-0.39, 0.29) is 36.2 Å². The Hall–Kier alpha value is -0.760. The van der Waals surface area contributed by atoms with Crippen molar-refractivity contribution in [3.63, 3.8) is 0 Å². The zero-order chi connectivity index (χ0) is 18.3. The molecule has 1 amide bonds. The van der Waals surface area contributed by atoms with Gasteiger partial charge in [-0.15, -0.1) is 0 Å². The second-order valence-electron chi connectivity index (χ2n) is 8.76. The predicted octanol–water partition coefficient (Wildman–Crippen LogP) is 0.643. The molecular formula is C19H34FN5O. The van der Waals surface area contributed by atoms with Gasteiger partial charge in [0.2, 0.25) is 5.91 Å². The molecule has 6 nitrogen and oxygen atoms in total. The average Bonchev–Trinajstić information content (AvgIpc) is 2.92. The third kappa shape index (κ3) is 3.51. The van der Waals surface area contributed by atoms with Crippen LogP contribution >= 0.6 is 0 Å². The molecule has 148 valence electrons. The molecule has 0 radical (unpaired) electrons. The molecule has 1 aliphatic carbocycles. The molecule has 0 spiro atoms. The molecule has 1 saturated carbocycles. The number of amides is 1. The van der Waals surface area contributed by atoms with Crippen LogP contribution in [0.3, 0.4) is 0 Å². The van der Waals surface area contributed by atoms with Crippen LogP contribution in [0.4, 0.5) is 4.39 Å². The second kappa shape index (κ2) is 7.70. The number of nitrogens with zero attached hydrogens (tertiary/aromatic N) is 2. The minimum atomic E-state index is -0.885. The van der Waals surface area contributed by atoms with Gasteiger partial charge in [0.15, 0.2) is 0 Å². The fraction of sp³-hybridized carbons (Fsp3) is 0.947. The zero-order valence-corrected chi connectivity index (χ0v) is 16.1. The molecule has 0 bridgehead atoms. The van der Waals surface area contributed by atoms with Crippen LogP contribution in [0.1, 0.15) is 45.4 Å². The molecule has 4 fully saturated rings. The van der Waals surface area contributed by atoms with Crippen LogP contribution in [0.15, 0.2) is 0 Å². The quantitative estimate of drug-likeness (QED) is 0.681. The molecule has 3 heterocycles. The van der Waals surface area contributed by atoms with Crippen molar-refractivity contribution < 1.29 is 9.18 Å². The normalized spacial score (nSPS) is 44.4. The third-order valence-corrected chi connectivity index (χ3v) is 7.01. The smallest absolute Gasteiger partial charge is 0.224 e. The first-order chi connectivity index (χ1) is 12.5. The first kappa shape index (κ1) is 18.6. The molecule has 3 aliphatic heterocycles. The highest BCUT2D eigenvalue weighted by Crippen LogP contribution is 2.37. The summed E-state index contributed by atoms with van der Waals surface area (Å²) in [7, 11) is 2.23. The van der Waals surface area contributed by atoms with Gasteiger partial charge in [0.05, 0.1) is 5.92 Å². The number of carbonyl (C=O) groups is 1. The van der Waals surface area contributed by atoms with E-state index < -0.39 is 6.17 Å². The first-order valence-electron chi connectivity index (χ1n) is 10.4. The highest BCUT2D eigenvalue weighted by molar-refractivity contribution is 5.80. The standard InChI is InChI=1S/C19H34FN5O/c1-12-11-22-18(26)15-9-13(20)10-16-17(15)25(12)19(23-16)21-7-6-14-5-3-4-8-24(14)2/h12-17,19,21,23H,3-11H2,1-2H3,(H,22,26)/t12-,13?,14+,15?,16?,17?,19?/m0/s1. The van der Waals surface area contributed by atoms with Crippen LogP contribution in [0.5, 0.6) is 0 Å². The number of carbonyl (C=O) groups excluding carboxylic acids is 1. The van der Waals surface area contributed by atoms with E-state index in [0.717, 1.165) is 13.0 Å². The number of halogens is 1. The fourth-order valence-corrected chi connectivity index (χ4v) is 5.60. The molecular weight excluding hydrogens is 333 g/mol. The lowest BCUT2D eigenvalue weighted by molar-refractivity contribution is -0.127. The van der Waals surface area contributed by atoms with Crippen molar-refractivity contribution in [2.24, 2.45) is 5.92 Å². The molecule has 0 aromatic rings. The Morgan fingerprint density at radius 1 is 1.31 bits per heavy atom. The summed E-state index contributed by atoms with van der Waals surface area (Å²) in [5.41, 5.74) is 0. The van der Waals surface area contributed by atoms with Crippen LogP contribution in [0, 0.1) is 5.92 Å². The molecule has 7 heteroatoms. The van der Waals surface area contributed by atoms with Crippen LogP contribution < -0.4 is 16.0 Å². The molecule has 4 aliphatic rings. The van der Waals surface area contributed by atoms with E-state index >= 15 is 0 Å². The highest BCUT2D eigenvalue weighted by Gasteiger charge is 2.53. The largest absolute Gasteiger partial charge is 0.354 e. The van der Waals surface area contributed by atoms with Gasteiger partial charge in [-0.2, -0.15) is 0 Å². The summed E-state index contributed by atoms with van der Waals surface area (Å²) in [6.07, 6.45) is 5.09. The van der Waals surface area contributed by atoms with Crippen molar-refractivity contribution >= 4 is 5.91 Å². The van der Waals surface area contributed by atoms with E-state index in [1.165, 1.54) is 25.8 Å². The highest BCUT2D eigenvalue weighted by atomic mass is 19.1. The van der Waals surface area contributed by atoms with Crippen molar-refractivity contribution in [3.8, 4) is 0 Å². The number of hydrogen-bond donors (Lipinski definition) is 3. The van der Waals surface area contributed by atoms with Crippen LogP contribution in [0.2, 0.25) is 0 Å². The fourth-order valence-electron chi connectivity index (χ4n) is 5.60. The Kier molecular flexibility index (Phi) is 5.51.